The summed E-state index contributed by atoms with van der Waals surface area (Å²) < 4.78 is 5.13. The van der Waals surface area contributed by atoms with E-state index in [-0.39, 0.29) is 6.04 Å². The van der Waals surface area contributed by atoms with E-state index in [0.29, 0.717) is 5.75 Å². The molecule has 0 aliphatic heterocycles. The molecular weight excluding hydrogens is 216 g/mol. The Balaban J connectivity index is 2.29. The fourth-order valence-electron chi connectivity index (χ4n) is 1.35. The highest BCUT2D eigenvalue weighted by Crippen LogP contribution is 2.08. The third-order valence-corrected chi connectivity index (χ3v) is 2.33. The zero-order chi connectivity index (χ0) is 12.7. The molecule has 1 aromatic rings. The van der Waals surface area contributed by atoms with Crippen LogP contribution >= 0.6 is 0 Å². The summed E-state index contributed by atoms with van der Waals surface area (Å²) in [6.45, 7) is 2.91. The maximum Gasteiger partial charge on any atom is 0.412 e. The van der Waals surface area contributed by atoms with Gasteiger partial charge in [-0.2, -0.15) is 0 Å². The molecule has 0 radical (unpaired) electrons. The molecule has 4 heteroatoms. The summed E-state index contributed by atoms with van der Waals surface area (Å²) >= 11 is 0. The first-order valence-electron chi connectivity index (χ1n) is 5.76. The molecule has 0 saturated heterocycles. The topological polar surface area (TPSA) is 41.6 Å². The molecule has 1 unspecified atom stereocenters. The van der Waals surface area contributed by atoms with Gasteiger partial charge in [-0.1, -0.05) is 18.2 Å². The second-order valence-electron chi connectivity index (χ2n) is 4.34. The van der Waals surface area contributed by atoms with Crippen LogP contribution in [0, 0.1) is 0 Å². The van der Waals surface area contributed by atoms with E-state index in [2.05, 4.69) is 10.2 Å². The van der Waals surface area contributed by atoms with Crippen LogP contribution in [-0.2, 0) is 0 Å². The largest absolute Gasteiger partial charge is 0.412 e. The molecule has 1 amide bonds. The number of nitrogens with one attached hydrogen (secondary N) is 1. The van der Waals surface area contributed by atoms with E-state index in [1.807, 2.05) is 39.2 Å². The van der Waals surface area contributed by atoms with Crippen LogP contribution in [0.15, 0.2) is 30.3 Å². The zero-order valence-corrected chi connectivity index (χ0v) is 10.6. The van der Waals surface area contributed by atoms with Gasteiger partial charge in [0.15, 0.2) is 0 Å². The van der Waals surface area contributed by atoms with Crippen molar-refractivity contribution in [1.29, 1.82) is 0 Å². The molecule has 0 aromatic heterocycles. The Kier molecular flexibility index (Phi) is 5.49. The number of carbonyl (C=O) groups excluding carboxylic acids is 1. The van der Waals surface area contributed by atoms with Crippen molar-refractivity contribution in [3.63, 3.8) is 0 Å². The van der Waals surface area contributed by atoms with Gasteiger partial charge in [0, 0.05) is 6.04 Å². The molecule has 0 heterocycles. The second kappa shape index (κ2) is 6.91. The predicted molar refractivity (Wildman–Crippen MR) is 68.2 cm³/mol. The fourth-order valence-corrected chi connectivity index (χ4v) is 1.35. The average Bonchev–Trinajstić information content (AvgIpc) is 2.27. The molecule has 0 spiro atoms. The Hall–Kier alpha value is -1.55. The number of para-hydroxylation sites is 1. The zero-order valence-electron chi connectivity index (χ0n) is 10.6. The Bertz CT molecular complexity index is 339. The van der Waals surface area contributed by atoms with Crippen molar-refractivity contribution in [2.24, 2.45) is 0 Å². The summed E-state index contributed by atoms with van der Waals surface area (Å²) in [7, 11) is 4.02. The summed E-state index contributed by atoms with van der Waals surface area (Å²) in [6.07, 6.45) is 0.499. The van der Waals surface area contributed by atoms with Gasteiger partial charge < -0.3 is 15.0 Å². The number of rotatable bonds is 5. The molecule has 0 saturated carbocycles. The van der Waals surface area contributed by atoms with E-state index in [1.165, 1.54) is 0 Å². The highest BCUT2D eigenvalue weighted by atomic mass is 16.6. The number of benzene rings is 1. The van der Waals surface area contributed by atoms with Gasteiger partial charge in [-0.3, -0.25) is 0 Å². The number of amides is 1. The van der Waals surface area contributed by atoms with Crippen molar-refractivity contribution in [1.82, 2.24) is 10.2 Å². The molecule has 17 heavy (non-hydrogen) atoms. The first-order valence-corrected chi connectivity index (χ1v) is 5.76. The SMILES string of the molecule is CC(CCN(C)C)NC(=O)Oc1ccccc1. The monoisotopic (exact) mass is 236 g/mol. The Morgan fingerprint density at radius 3 is 2.59 bits per heavy atom. The van der Waals surface area contributed by atoms with Crippen LogP contribution in [0.25, 0.3) is 0 Å². The summed E-state index contributed by atoms with van der Waals surface area (Å²) in [5.41, 5.74) is 0. The lowest BCUT2D eigenvalue weighted by atomic mass is 10.2. The second-order valence-corrected chi connectivity index (χ2v) is 4.34. The maximum atomic E-state index is 11.5. The normalized spacial score (nSPS) is 12.2. The van der Waals surface area contributed by atoms with Gasteiger partial charge in [0.1, 0.15) is 5.75 Å². The Labute approximate surface area is 103 Å². The van der Waals surface area contributed by atoms with Gasteiger partial charge in [-0.05, 0) is 46.1 Å². The van der Waals surface area contributed by atoms with Crippen LogP contribution in [0.2, 0.25) is 0 Å². The van der Waals surface area contributed by atoms with E-state index >= 15 is 0 Å². The van der Waals surface area contributed by atoms with Gasteiger partial charge in [0.2, 0.25) is 0 Å². The van der Waals surface area contributed by atoms with Gasteiger partial charge >= 0.3 is 6.09 Å². The maximum absolute atomic E-state index is 11.5. The number of hydrogen-bond donors (Lipinski definition) is 1. The number of nitrogens with zero attached hydrogens (tertiary/aromatic N) is 1. The molecule has 4 nitrogen and oxygen atoms in total. The Morgan fingerprint density at radius 2 is 2.00 bits per heavy atom. The van der Waals surface area contributed by atoms with Gasteiger partial charge in [-0.25, -0.2) is 4.79 Å². The van der Waals surface area contributed by atoms with Gasteiger partial charge in [0.25, 0.3) is 0 Å². The highest BCUT2D eigenvalue weighted by molar-refractivity contribution is 5.70. The number of hydrogen-bond acceptors (Lipinski definition) is 3. The average molecular weight is 236 g/mol. The lowest BCUT2D eigenvalue weighted by Gasteiger charge is -2.16. The molecule has 1 aromatic carbocycles. The fraction of sp³-hybridized carbons (Fsp3) is 0.462. The van der Waals surface area contributed by atoms with E-state index in [0.717, 1.165) is 13.0 Å². The van der Waals surface area contributed by atoms with Crippen LogP contribution in [0.3, 0.4) is 0 Å². The molecule has 0 bridgehead atoms. The molecule has 0 aliphatic carbocycles. The molecule has 1 N–H and O–H groups in total. The van der Waals surface area contributed by atoms with Gasteiger partial charge in [0.05, 0.1) is 0 Å². The summed E-state index contributed by atoms with van der Waals surface area (Å²) in [5.74, 6) is 0.560. The van der Waals surface area contributed by atoms with Crippen LogP contribution in [0.5, 0.6) is 5.75 Å². The van der Waals surface area contributed by atoms with Crippen LogP contribution in [0.4, 0.5) is 4.79 Å². The molecule has 1 atom stereocenters. The quantitative estimate of drug-likeness (QED) is 0.851. The molecule has 94 valence electrons. The van der Waals surface area contributed by atoms with E-state index in [1.54, 1.807) is 12.1 Å². The minimum absolute atomic E-state index is 0.105. The van der Waals surface area contributed by atoms with Gasteiger partial charge in [-0.15, -0.1) is 0 Å². The van der Waals surface area contributed by atoms with E-state index in [4.69, 9.17) is 4.74 Å². The first-order chi connectivity index (χ1) is 8.08. The molecular formula is C13H20N2O2. The molecule has 0 fully saturated rings. The third kappa shape index (κ3) is 5.92. The summed E-state index contributed by atoms with van der Waals surface area (Å²) in [4.78, 5) is 13.6. The first kappa shape index (κ1) is 13.5. The standard InChI is InChI=1S/C13H20N2O2/c1-11(9-10-15(2)3)14-13(16)17-12-7-5-4-6-8-12/h4-8,11H,9-10H2,1-3H3,(H,14,16). The Morgan fingerprint density at radius 1 is 1.35 bits per heavy atom. The van der Waals surface area contributed by atoms with E-state index < -0.39 is 6.09 Å². The smallest absolute Gasteiger partial charge is 0.410 e. The van der Waals surface area contributed by atoms with Crippen molar-refractivity contribution in [2.75, 3.05) is 20.6 Å². The molecule has 1 rings (SSSR count). The van der Waals surface area contributed by atoms with Crippen LogP contribution in [-0.4, -0.2) is 37.7 Å². The highest BCUT2D eigenvalue weighted by Gasteiger charge is 2.09. The molecule has 0 aliphatic rings. The minimum Gasteiger partial charge on any atom is -0.410 e. The summed E-state index contributed by atoms with van der Waals surface area (Å²) in [5, 5.41) is 2.80. The van der Waals surface area contributed by atoms with E-state index in [9.17, 15) is 4.79 Å². The summed E-state index contributed by atoms with van der Waals surface area (Å²) in [6, 6.07) is 9.16. The minimum atomic E-state index is -0.401. The number of ether oxygens (including phenoxy) is 1. The lowest BCUT2D eigenvalue weighted by Crippen LogP contribution is -2.36. The van der Waals surface area contributed by atoms with Crippen molar-refractivity contribution >= 4 is 6.09 Å². The number of carbonyl (C=O) groups is 1. The van der Waals surface area contributed by atoms with Crippen LogP contribution in [0.1, 0.15) is 13.3 Å². The lowest BCUT2D eigenvalue weighted by molar-refractivity contribution is 0.195. The van der Waals surface area contributed by atoms with Crippen molar-refractivity contribution in [3.8, 4) is 5.75 Å². The van der Waals surface area contributed by atoms with Crippen molar-refractivity contribution in [3.05, 3.63) is 30.3 Å². The predicted octanol–water partition coefficient (Wildman–Crippen LogP) is 2.12. The third-order valence-electron chi connectivity index (χ3n) is 2.33. The van der Waals surface area contributed by atoms with Crippen molar-refractivity contribution in [2.45, 2.75) is 19.4 Å². The van der Waals surface area contributed by atoms with Crippen molar-refractivity contribution < 1.29 is 9.53 Å². The van der Waals surface area contributed by atoms with Crippen LogP contribution < -0.4 is 10.1 Å².